The molecule has 0 atom stereocenters. The van der Waals surface area contributed by atoms with Crippen molar-refractivity contribution < 1.29 is 4.74 Å². The second-order valence-electron chi connectivity index (χ2n) is 5.92. The van der Waals surface area contributed by atoms with E-state index in [9.17, 15) is 0 Å². The van der Waals surface area contributed by atoms with Crippen molar-refractivity contribution in [1.82, 2.24) is 24.1 Å². The first-order valence-corrected chi connectivity index (χ1v) is 9.51. The van der Waals surface area contributed by atoms with Gasteiger partial charge in [0.05, 0.1) is 12.8 Å². The lowest BCUT2D eigenvalue weighted by atomic mass is 10.2. The van der Waals surface area contributed by atoms with Crippen molar-refractivity contribution in [3.05, 3.63) is 73.2 Å². The van der Waals surface area contributed by atoms with Crippen LogP contribution in [0.3, 0.4) is 0 Å². The minimum Gasteiger partial charge on any atom is -0.497 e. The van der Waals surface area contributed by atoms with Gasteiger partial charge in [-0.1, -0.05) is 23.9 Å². The zero-order valence-corrected chi connectivity index (χ0v) is 15.8. The van der Waals surface area contributed by atoms with E-state index in [1.54, 1.807) is 18.9 Å². The van der Waals surface area contributed by atoms with Crippen LogP contribution < -0.4 is 4.74 Å². The SMILES string of the molecule is C=CCn1c(SCc2cn3ccccc3n2)nnc1-c1ccc(OC)cc1. The van der Waals surface area contributed by atoms with Crippen LogP contribution in [-0.4, -0.2) is 31.3 Å². The highest BCUT2D eigenvalue weighted by Crippen LogP contribution is 2.27. The molecule has 0 fully saturated rings. The molecule has 136 valence electrons. The molecule has 0 spiro atoms. The molecule has 0 aliphatic rings. The summed E-state index contributed by atoms with van der Waals surface area (Å²) in [6.45, 7) is 4.51. The number of nitrogens with zero attached hydrogens (tertiary/aromatic N) is 5. The predicted molar refractivity (Wildman–Crippen MR) is 107 cm³/mol. The van der Waals surface area contributed by atoms with Crippen LogP contribution >= 0.6 is 11.8 Å². The summed E-state index contributed by atoms with van der Waals surface area (Å²) >= 11 is 1.62. The summed E-state index contributed by atoms with van der Waals surface area (Å²) in [7, 11) is 1.66. The fraction of sp³-hybridized carbons (Fsp3) is 0.150. The van der Waals surface area contributed by atoms with Crippen molar-refractivity contribution in [1.29, 1.82) is 0 Å². The molecule has 4 rings (SSSR count). The van der Waals surface area contributed by atoms with Crippen LogP contribution in [0.2, 0.25) is 0 Å². The molecular formula is C20H19N5OS. The molecule has 0 aliphatic heterocycles. The maximum atomic E-state index is 5.23. The van der Waals surface area contributed by atoms with Gasteiger partial charge in [-0.3, -0.25) is 4.57 Å². The van der Waals surface area contributed by atoms with Crippen LogP contribution in [0.1, 0.15) is 5.69 Å². The van der Waals surface area contributed by atoms with E-state index in [1.807, 2.05) is 65.3 Å². The number of pyridine rings is 1. The lowest BCUT2D eigenvalue weighted by Gasteiger charge is -2.08. The molecule has 7 heteroatoms. The van der Waals surface area contributed by atoms with Gasteiger partial charge in [-0.15, -0.1) is 16.8 Å². The molecule has 0 radical (unpaired) electrons. The number of allylic oxidation sites excluding steroid dienone is 1. The lowest BCUT2D eigenvalue weighted by molar-refractivity contribution is 0.415. The number of methoxy groups -OCH3 is 1. The number of hydrogen-bond acceptors (Lipinski definition) is 5. The largest absolute Gasteiger partial charge is 0.497 e. The summed E-state index contributed by atoms with van der Waals surface area (Å²) in [6, 6.07) is 13.8. The number of imidazole rings is 1. The van der Waals surface area contributed by atoms with E-state index in [4.69, 9.17) is 4.74 Å². The van der Waals surface area contributed by atoms with Crippen molar-refractivity contribution >= 4 is 17.4 Å². The third-order valence-corrected chi connectivity index (χ3v) is 5.14. The fourth-order valence-corrected chi connectivity index (χ4v) is 3.67. The Bertz CT molecular complexity index is 1030. The third kappa shape index (κ3) is 3.59. The Hall–Kier alpha value is -3.06. The van der Waals surface area contributed by atoms with Crippen molar-refractivity contribution in [2.45, 2.75) is 17.5 Å². The molecule has 0 aliphatic carbocycles. The molecule has 27 heavy (non-hydrogen) atoms. The highest BCUT2D eigenvalue weighted by Gasteiger charge is 2.14. The summed E-state index contributed by atoms with van der Waals surface area (Å²) in [5.74, 6) is 2.35. The molecular weight excluding hydrogens is 358 g/mol. The molecule has 0 saturated heterocycles. The second kappa shape index (κ2) is 7.67. The molecule has 3 heterocycles. The van der Waals surface area contributed by atoms with E-state index >= 15 is 0 Å². The Morgan fingerprint density at radius 2 is 2.00 bits per heavy atom. The number of thioether (sulfide) groups is 1. The quantitative estimate of drug-likeness (QED) is 0.359. The Morgan fingerprint density at radius 3 is 2.74 bits per heavy atom. The highest BCUT2D eigenvalue weighted by atomic mass is 32.2. The van der Waals surface area contributed by atoms with E-state index in [1.165, 1.54) is 0 Å². The number of rotatable bonds is 7. The van der Waals surface area contributed by atoms with Crippen LogP contribution in [-0.2, 0) is 12.3 Å². The van der Waals surface area contributed by atoms with Crippen LogP contribution in [0.4, 0.5) is 0 Å². The van der Waals surface area contributed by atoms with E-state index in [-0.39, 0.29) is 0 Å². The van der Waals surface area contributed by atoms with Crippen LogP contribution in [0.25, 0.3) is 17.0 Å². The average molecular weight is 377 g/mol. The Balaban J connectivity index is 1.58. The lowest BCUT2D eigenvalue weighted by Crippen LogP contribution is -2.00. The maximum absolute atomic E-state index is 5.23. The van der Waals surface area contributed by atoms with Crippen molar-refractivity contribution in [2.75, 3.05) is 7.11 Å². The number of benzene rings is 1. The topological polar surface area (TPSA) is 57.2 Å². The molecule has 6 nitrogen and oxygen atoms in total. The van der Waals surface area contributed by atoms with E-state index in [2.05, 4.69) is 26.3 Å². The zero-order valence-electron chi connectivity index (χ0n) is 14.9. The standard InChI is InChI=1S/C20H19N5OS/c1-3-11-25-19(15-7-9-17(26-2)10-8-15)22-23-20(25)27-14-16-13-24-12-5-4-6-18(24)21-16/h3-10,12-13H,1,11,14H2,2H3. The van der Waals surface area contributed by atoms with Gasteiger partial charge in [0.15, 0.2) is 11.0 Å². The molecule has 0 amide bonds. The summed E-state index contributed by atoms with van der Waals surface area (Å²) < 4.78 is 9.31. The van der Waals surface area contributed by atoms with E-state index in [0.29, 0.717) is 6.54 Å². The fourth-order valence-electron chi connectivity index (χ4n) is 2.84. The first-order chi connectivity index (χ1) is 13.3. The van der Waals surface area contributed by atoms with Gasteiger partial charge in [-0.25, -0.2) is 4.98 Å². The van der Waals surface area contributed by atoms with Crippen molar-refractivity contribution in [3.63, 3.8) is 0 Å². The molecule has 1 aromatic carbocycles. The number of ether oxygens (including phenoxy) is 1. The number of aromatic nitrogens is 5. The van der Waals surface area contributed by atoms with Gasteiger partial charge < -0.3 is 9.14 Å². The Labute approximate surface area is 161 Å². The molecule has 0 unspecified atom stereocenters. The first kappa shape index (κ1) is 17.4. The van der Waals surface area contributed by atoms with Gasteiger partial charge >= 0.3 is 0 Å². The second-order valence-corrected chi connectivity index (χ2v) is 6.86. The average Bonchev–Trinajstić information content (AvgIpc) is 3.30. The molecule has 0 bridgehead atoms. The van der Waals surface area contributed by atoms with Crippen LogP contribution in [0.5, 0.6) is 5.75 Å². The number of fused-ring (bicyclic) bond motifs is 1. The Kier molecular flexibility index (Phi) is 4.93. The molecule has 3 aromatic heterocycles. The Morgan fingerprint density at radius 1 is 1.15 bits per heavy atom. The minimum atomic E-state index is 0.641. The van der Waals surface area contributed by atoms with Gasteiger partial charge in [0, 0.05) is 30.3 Å². The predicted octanol–water partition coefficient (Wildman–Crippen LogP) is 4.08. The molecule has 4 aromatic rings. The van der Waals surface area contributed by atoms with Crippen LogP contribution in [0, 0.1) is 0 Å². The maximum Gasteiger partial charge on any atom is 0.192 e. The zero-order chi connectivity index (χ0) is 18.6. The van der Waals surface area contributed by atoms with Crippen molar-refractivity contribution in [2.24, 2.45) is 0 Å². The summed E-state index contributed by atoms with van der Waals surface area (Å²) in [4.78, 5) is 4.64. The highest BCUT2D eigenvalue weighted by molar-refractivity contribution is 7.98. The van der Waals surface area contributed by atoms with Gasteiger partial charge in [-0.2, -0.15) is 0 Å². The summed E-state index contributed by atoms with van der Waals surface area (Å²) in [6.07, 6.45) is 5.89. The normalized spacial score (nSPS) is 11.0. The minimum absolute atomic E-state index is 0.641. The number of hydrogen-bond donors (Lipinski definition) is 0. The van der Waals surface area contributed by atoms with Crippen LogP contribution in [0.15, 0.2) is 72.7 Å². The van der Waals surface area contributed by atoms with Gasteiger partial charge in [0.2, 0.25) is 0 Å². The van der Waals surface area contributed by atoms with Gasteiger partial charge in [0.25, 0.3) is 0 Å². The monoisotopic (exact) mass is 377 g/mol. The van der Waals surface area contributed by atoms with Crippen molar-refractivity contribution in [3.8, 4) is 17.1 Å². The van der Waals surface area contributed by atoms with E-state index in [0.717, 1.165) is 39.4 Å². The molecule has 0 saturated carbocycles. The summed E-state index contributed by atoms with van der Waals surface area (Å²) in [5, 5.41) is 9.62. The molecule has 0 N–H and O–H groups in total. The van der Waals surface area contributed by atoms with Gasteiger partial charge in [0.1, 0.15) is 11.4 Å². The summed E-state index contributed by atoms with van der Waals surface area (Å²) in [5.41, 5.74) is 2.94. The van der Waals surface area contributed by atoms with Gasteiger partial charge in [-0.05, 0) is 36.4 Å². The smallest absolute Gasteiger partial charge is 0.192 e. The third-order valence-electron chi connectivity index (χ3n) is 4.14. The van der Waals surface area contributed by atoms with E-state index < -0.39 is 0 Å². The first-order valence-electron chi connectivity index (χ1n) is 8.52.